The Bertz CT molecular complexity index is 786. The van der Waals surface area contributed by atoms with Crippen molar-refractivity contribution in [1.29, 1.82) is 0 Å². The van der Waals surface area contributed by atoms with Gasteiger partial charge in [-0.15, -0.1) is 0 Å². The molecule has 0 unspecified atom stereocenters. The van der Waals surface area contributed by atoms with E-state index < -0.39 is 6.29 Å². The number of nitrogens with zero attached hydrogens (tertiary/aromatic N) is 1. The number of ether oxygens (including phenoxy) is 1. The summed E-state index contributed by atoms with van der Waals surface area (Å²) in [5, 5.41) is 5.21. The maximum atomic E-state index is 6.27. The van der Waals surface area contributed by atoms with E-state index in [1.807, 2.05) is 19.1 Å². The second-order valence-corrected chi connectivity index (χ2v) is 8.59. The molecule has 0 spiro atoms. The lowest BCUT2D eigenvalue weighted by Gasteiger charge is -2.19. The molecule has 0 bridgehead atoms. The van der Waals surface area contributed by atoms with Crippen LogP contribution in [0.2, 0.25) is 10.0 Å². The first-order chi connectivity index (χ1) is 11.4. The van der Waals surface area contributed by atoms with Gasteiger partial charge in [-0.1, -0.05) is 50.4 Å². The molecular formula is C16H10Br3Cl2NO2. The summed E-state index contributed by atoms with van der Waals surface area (Å²) in [6.07, 6.45) is -0.582. The Labute approximate surface area is 174 Å². The number of benzene rings is 2. The zero-order valence-corrected chi connectivity index (χ0v) is 18.5. The van der Waals surface area contributed by atoms with E-state index in [9.17, 15) is 0 Å². The molecule has 0 fully saturated rings. The van der Waals surface area contributed by atoms with Crippen molar-refractivity contribution in [3.63, 3.8) is 0 Å². The third kappa shape index (κ3) is 3.63. The van der Waals surface area contributed by atoms with Gasteiger partial charge in [0, 0.05) is 10.0 Å². The van der Waals surface area contributed by atoms with Gasteiger partial charge in [0.1, 0.15) is 5.71 Å². The van der Waals surface area contributed by atoms with E-state index in [1.54, 1.807) is 18.2 Å². The summed E-state index contributed by atoms with van der Waals surface area (Å²) in [6, 6.07) is 9.13. The summed E-state index contributed by atoms with van der Waals surface area (Å²) in [7, 11) is 0. The predicted molar refractivity (Wildman–Crippen MR) is 107 cm³/mol. The van der Waals surface area contributed by atoms with Gasteiger partial charge in [-0.2, -0.15) is 0 Å². The van der Waals surface area contributed by atoms with Gasteiger partial charge in [-0.05, 0) is 63.0 Å². The van der Waals surface area contributed by atoms with Gasteiger partial charge in [-0.25, -0.2) is 0 Å². The van der Waals surface area contributed by atoms with Crippen LogP contribution in [0.25, 0.3) is 0 Å². The van der Waals surface area contributed by atoms with Crippen LogP contribution in [-0.4, -0.2) is 12.0 Å². The Morgan fingerprint density at radius 3 is 2.25 bits per heavy atom. The fraction of sp³-hybridized carbons (Fsp3) is 0.188. The summed E-state index contributed by atoms with van der Waals surface area (Å²) in [5.41, 5.74) is 1.34. The lowest BCUT2D eigenvalue weighted by Crippen LogP contribution is -2.27. The van der Waals surface area contributed by atoms with Crippen LogP contribution in [0.4, 0.5) is 0 Å². The SMILES string of the molecule is C[C@@H]1C(c2c(Cl)cccc2Cl)=NO[C@@H]1Oc1c(Br)cc(Br)cc1Br. The zero-order chi connectivity index (χ0) is 17.4. The lowest BCUT2D eigenvalue weighted by atomic mass is 9.98. The highest BCUT2D eigenvalue weighted by atomic mass is 79.9. The molecule has 0 saturated heterocycles. The Hall–Kier alpha value is -0.270. The molecule has 8 heteroatoms. The van der Waals surface area contributed by atoms with Crippen molar-refractivity contribution in [1.82, 2.24) is 0 Å². The molecule has 0 aromatic heterocycles. The molecule has 2 aromatic carbocycles. The summed E-state index contributed by atoms with van der Waals surface area (Å²) < 4.78 is 8.51. The van der Waals surface area contributed by atoms with Crippen LogP contribution in [0.15, 0.2) is 48.9 Å². The monoisotopic (exact) mass is 555 g/mol. The van der Waals surface area contributed by atoms with E-state index in [4.69, 9.17) is 32.8 Å². The van der Waals surface area contributed by atoms with Gasteiger partial charge < -0.3 is 9.57 Å². The topological polar surface area (TPSA) is 30.8 Å². The van der Waals surface area contributed by atoms with Crippen LogP contribution in [0.1, 0.15) is 12.5 Å². The molecule has 1 aliphatic rings. The largest absolute Gasteiger partial charge is 0.450 e. The third-order valence-corrected chi connectivity index (χ3v) is 5.78. The molecule has 126 valence electrons. The van der Waals surface area contributed by atoms with Crippen molar-refractivity contribution in [2.45, 2.75) is 13.2 Å². The highest BCUT2D eigenvalue weighted by Crippen LogP contribution is 2.39. The molecule has 0 N–H and O–H groups in total. The van der Waals surface area contributed by atoms with Crippen LogP contribution in [-0.2, 0) is 4.84 Å². The Morgan fingerprint density at radius 1 is 1.08 bits per heavy atom. The standard InChI is InChI=1S/C16H10Br3Cl2NO2/c1-7-14(13-11(20)3-2-4-12(13)21)22-24-16(7)23-15-9(18)5-8(17)6-10(15)19/h2-7,16H,1H3/t7-,16+/m1/s1. The normalized spacial score (nSPS) is 19.8. The first-order valence-electron chi connectivity index (χ1n) is 6.87. The van der Waals surface area contributed by atoms with E-state index >= 15 is 0 Å². The minimum absolute atomic E-state index is 0.148. The fourth-order valence-corrected chi connectivity index (χ4v) is 5.35. The van der Waals surface area contributed by atoms with Gasteiger partial charge in [0.2, 0.25) is 0 Å². The Balaban J connectivity index is 1.86. The van der Waals surface area contributed by atoms with Crippen LogP contribution in [0.3, 0.4) is 0 Å². The highest BCUT2D eigenvalue weighted by molar-refractivity contribution is 9.11. The van der Waals surface area contributed by atoms with Crippen molar-refractivity contribution in [2.24, 2.45) is 11.1 Å². The quantitative estimate of drug-likeness (QED) is 0.404. The van der Waals surface area contributed by atoms with Gasteiger partial charge in [0.15, 0.2) is 5.75 Å². The zero-order valence-electron chi connectivity index (χ0n) is 12.2. The molecule has 1 heterocycles. The highest BCUT2D eigenvalue weighted by Gasteiger charge is 2.35. The Kier molecular flexibility index (Phi) is 5.82. The molecule has 24 heavy (non-hydrogen) atoms. The molecule has 2 atom stereocenters. The van der Waals surface area contributed by atoms with Crippen molar-refractivity contribution in [3.05, 3.63) is 59.4 Å². The summed E-state index contributed by atoms with van der Waals surface area (Å²) >= 11 is 22.9. The number of oxime groups is 1. The van der Waals surface area contributed by atoms with Gasteiger partial charge in [0.25, 0.3) is 6.29 Å². The summed E-state index contributed by atoms with van der Waals surface area (Å²) in [6.45, 7) is 1.96. The maximum absolute atomic E-state index is 6.27. The van der Waals surface area contributed by atoms with Crippen LogP contribution < -0.4 is 4.74 Å². The average Bonchev–Trinajstić information content (AvgIpc) is 2.84. The van der Waals surface area contributed by atoms with Gasteiger partial charge in [0.05, 0.1) is 24.9 Å². The maximum Gasteiger partial charge on any atom is 0.273 e. The van der Waals surface area contributed by atoms with E-state index in [-0.39, 0.29) is 5.92 Å². The van der Waals surface area contributed by atoms with Gasteiger partial charge >= 0.3 is 0 Å². The number of rotatable bonds is 3. The molecule has 0 aliphatic carbocycles. The molecular weight excluding hydrogens is 549 g/mol. The summed E-state index contributed by atoms with van der Waals surface area (Å²) in [5.74, 6) is 0.488. The minimum Gasteiger partial charge on any atom is -0.450 e. The van der Waals surface area contributed by atoms with Crippen LogP contribution in [0, 0.1) is 5.92 Å². The molecule has 3 rings (SSSR count). The molecule has 0 saturated carbocycles. The van der Waals surface area contributed by atoms with Gasteiger partial charge in [-0.3, -0.25) is 0 Å². The first-order valence-corrected chi connectivity index (χ1v) is 10.0. The summed E-state index contributed by atoms with van der Waals surface area (Å²) in [4.78, 5) is 5.48. The van der Waals surface area contributed by atoms with Crippen molar-refractivity contribution in [3.8, 4) is 5.75 Å². The lowest BCUT2D eigenvalue weighted by molar-refractivity contribution is -0.0775. The van der Waals surface area contributed by atoms with Crippen molar-refractivity contribution < 1.29 is 9.57 Å². The minimum atomic E-state index is -0.582. The number of halogens is 5. The smallest absolute Gasteiger partial charge is 0.273 e. The molecule has 0 amide bonds. The Morgan fingerprint density at radius 2 is 1.67 bits per heavy atom. The third-order valence-electron chi connectivity index (χ3n) is 3.51. The average molecular weight is 559 g/mol. The van der Waals surface area contributed by atoms with Crippen molar-refractivity contribution >= 4 is 76.7 Å². The van der Waals surface area contributed by atoms with Crippen molar-refractivity contribution in [2.75, 3.05) is 0 Å². The van der Waals surface area contributed by atoms with Crippen LogP contribution >= 0.6 is 71.0 Å². The molecule has 1 aliphatic heterocycles. The number of hydrogen-bond donors (Lipinski definition) is 0. The van der Waals surface area contributed by atoms with Crippen LogP contribution in [0.5, 0.6) is 5.75 Å². The van der Waals surface area contributed by atoms with E-state index in [0.717, 1.165) is 13.4 Å². The van der Waals surface area contributed by atoms with E-state index in [2.05, 4.69) is 52.9 Å². The fourth-order valence-electron chi connectivity index (χ4n) is 2.31. The second-order valence-electron chi connectivity index (χ2n) is 5.15. The molecule has 0 radical (unpaired) electrons. The molecule has 2 aromatic rings. The van der Waals surface area contributed by atoms with E-state index in [1.165, 1.54) is 0 Å². The predicted octanol–water partition coefficient (Wildman–Crippen LogP) is 7.06. The second kappa shape index (κ2) is 7.54. The number of hydrogen-bond acceptors (Lipinski definition) is 3. The molecule has 3 nitrogen and oxygen atoms in total. The first kappa shape index (κ1) is 18.5. The van der Waals surface area contributed by atoms with E-state index in [0.29, 0.717) is 27.1 Å².